The van der Waals surface area contributed by atoms with Gasteiger partial charge in [-0.25, -0.2) is 4.39 Å². The lowest BCUT2D eigenvalue weighted by Gasteiger charge is -2.36. The van der Waals surface area contributed by atoms with Crippen molar-refractivity contribution in [1.29, 1.82) is 0 Å². The number of hydrogen-bond donors (Lipinski definition) is 1. The number of methoxy groups -OCH3 is 1. The summed E-state index contributed by atoms with van der Waals surface area (Å²) in [5.41, 5.74) is 1.97. The van der Waals surface area contributed by atoms with Crippen LogP contribution in [0.4, 0.5) is 16.1 Å². The molecular formula is C22H26FN5O2. The zero-order valence-electron chi connectivity index (χ0n) is 17.1. The van der Waals surface area contributed by atoms with E-state index >= 15 is 0 Å². The van der Waals surface area contributed by atoms with Gasteiger partial charge in [-0.3, -0.25) is 4.90 Å². The Morgan fingerprint density at radius 1 is 1.03 bits per heavy atom. The minimum absolute atomic E-state index is 0.192. The lowest BCUT2D eigenvalue weighted by atomic mass is 10.2. The Balaban J connectivity index is 1.17. The quantitative estimate of drug-likeness (QED) is 0.569. The molecule has 1 N–H and O–H groups in total. The van der Waals surface area contributed by atoms with Crippen LogP contribution in [0.2, 0.25) is 0 Å². The van der Waals surface area contributed by atoms with E-state index in [2.05, 4.69) is 25.3 Å². The summed E-state index contributed by atoms with van der Waals surface area (Å²) in [5.74, 6) is 1.15. The summed E-state index contributed by atoms with van der Waals surface area (Å²) in [6.45, 7) is 5.67. The SMILES string of the molecule is COc1ccc(-c2noc(NCCCN3CCN(c4ccc(F)cc4)CC3)n2)cc1. The molecule has 2 heterocycles. The first-order valence-electron chi connectivity index (χ1n) is 10.2. The second-order valence-electron chi connectivity index (χ2n) is 7.24. The summed E-state index contributed by atoms with van der Waals surface area (Å²) in [6, 6.07) is 14.7. The molecule has 0 amide bonds. The van der Waals surface area contributed by atoms with E-state index in [0.717, 1.165) is 62.7 Å². The number of rotatable bonds is 8. The zero-order valence-corrected chi connectivity index (χ0v) is 17.1. The molecule has 0 radical (unpaired) electrons. The standard InChI is InChI=1S/C22H26FN5O2/c1-29-20-9-3-17(4-10-20)21-25-22(30-26-21)24-11-2-12-27-13-15-28(16-14-27)19-7-5-18(23)6-8-19/h3-10H,2,11-16H2,1H3,(H,24,25,26). The van der Waals surface area contributed by atoms with Crippen LogP contribution in [-0.4, -0.2) is 61.4 Å². The van der Waals surface area contributed by atoms with Gasteiger partial charge in [-0.05, 0) is 61.5 Å². The number of ether oxygens (including phenoxy) is 1. The predicted molar refractivity (Wildman–Crippen MR) is 114 cm³/mol. The van der Waals surface area contributed by atoms with Crippen molar-refractivity contribution in [3.63, 3.8) is 0 Å². The number of aromatic nitrogens is 2. The molecule has 4 rings (SSSR count). The Labute approximate surface area is 175 Å². The highest BCUT2D eigenvalue weighted by atomic mass is 19.1. The van der Waals surface area contributed by atoms with Crippen molar-refractivity contribution in [3.8, 4) is 17.1 Å². The maximum absolute atomic E-state index is 13.1. The van der Waals surface area contributed by atoms with Crippen LogP contribution in [0.3, 0.4) is 0 Å². The van der Waals surface area contributed by atoms with Gasteiger partial charge in [0.05, 0.1) is 7.11 Å². The molecule has 1 fully saturated rings. The van der Waals surface area contributed by atoms with Crippen LogP contribution in [0.5, 0.6) is 5.75 Å². The molecule has 0 unspecified atom stereocenters. The van der Waals surface area contributed by atoms with Crippen molar-refractivity contribution >= 4 is 11.7 Å². The zero-order chi connectivity index (χ0) is 20.8. The molecule has 2 aromatic carbocycles. The van der Waals surface area contributed by atoms with E-state index in [1.54, 1.807) is 7.11 Å². The highest BCUT2D eigenvalue weighted by Crippen LogP contribution is 2.21. The molecule has 8 heteroatoms. The van der Waals surface area contributed by atoms with E-state index in [0.29, 0.717) is 11.8 Å². The minimum Gasteiger partial charge on any atom is -0.497 e. The van der Waals surface area contributed by atoms with Gasteiger partial charge in [0.2, 0.25) is 5.82 Å². The van der Waals surface area contributed by atoms with Gasteiger partial charge in [-0.2, -0.15) is 4.98 Å². The summed E-state index contributed by atoms with van der Waals surface area (Å²) in [5, 5.41) is 7.22. The molecule has 1 aliphatic heterocycles. The van der Waals surface area contributed by atoms with Gasteiger partial charge in [0.25, 0.3) is 0 Å². The molecule has 1 saturated heterocycles. The first-order valence-corrected chi connectivity index (χ1v) is 10.2. The Bertz CT molecular complexity index is 921. The predicted octanol–water partition coefficient (Wildman–Crippen LogP) is 3.51. The molecule has 1 aromatic heterocycles. The highest BCUT2D eigenvalue weighted by Gasteiger charge is 2.17. The molecule has 0 saturated carbocycles. The van der Waals surface area contributed by atoms with Crippen molar-refractivity contribution in [2.45, 2.75) is 6.42 Å². The van der Waals surface area contributed by atoms with E-state index in [1.807, 2.05) is 36.4 Å². The molecule has 30 heavy (non-hydrogen) atoms. The lowest BCUT2D eigenvalue weighted by Crippen LogP contribution is -2.46. The van der Waals surface area contributed by atoms with Crippen LogP contribution >= 0.6 is 0 Å². The van der Waals surface area contributed by atoms with E-state index in [4.69, 9.17) is 9.26 Å². The number of halogens is 1. The Kier molecular flexibility index (Phi) is 6.44. The van der Waals surface area contributed by atoms with Crippen LogP contribution in [0, 0.1) is 5.82 Å². The van der Waals surface area contributed by atoms with Crippen molar-refractivity contribution in [2.24, 2.45) is 0 Å². The summed E-state index contributed by atoms with van der Waals surface area (Å²) in [7, 11) is 1.64. The molecule has 7 nitrogen and oxygen atoms in total. The van der Waals surface area contributed by atoms with E-state index < -0.39 is 0 Å². The number of piperazine rings is 1. The second-order valence-corrected chi connectivity index (χ2v) is 7.24. The van der Waals surface area contributed by atoms with E-state index in [9.17, 15) is 4.39 Å². The van der Waals surface area contributed by atoms with Gasteiger partial charge in [0.1, 0.15) is 11.6 Å². The monoisotopic (exact) mass is 411 g/mol. The smallest absolute Gasteiger partial charge is 0.321 e. The number of nitrogens with one attached hydrogen (secondary N) is 1. The average Bonchev–Trinajstić information content (AvgIpc) is 3.27. The molecule has 0 spiro atoms. The van der Waals surface area contributed by atoms with Crippen LogP contribution in [-0.2, 0) is 0 Å². The normalized spacial score (nSPS) is 14.7. The molecule has 1 aliphatic rings. The third-order valence-electron chi connectivity index (χ3n) is 5.27. The molecule has 0 aliphatic carbocycles. The summed E-state index contributed by atoms with van der Waals surface area (Å²) in [4.78, 5) is 9.14. The summed E-state index contributed by atoms with van der Waals surface area (Å²) in [6.07, 6.45) is 0.983. The first kappa shape index (κ1) is 20.2. The molecule has 3 aromatic rings. The van der Waals surface area contributed by atoms with Crippen LogP contribution in [0.15, 0.2) is 53.1 Å². The maximum Gasteiger partial charge on any atom is 0.321 e. The third kappa shape index (κ3) is 5.07. The number of benzene rings is 2. The molecular weight excluding hydrogens is 385 g/mol. The van der Waals surface area contributed by atoms with Crippen molar-refractivity contribution < 1.29 is 13.7 Å². The number of anilines is 2. The Morgan fingerprint density at radius 3 is 2.47 bits per heavy atom. The van der Waals surface area contributed by atoms with Gasteiger partial charge in [-0.1, -0.05) is 5.16 Å². The average molecular weight is 411 g/mol. The van der Waals surface area contributed by atoms with Crippen molar-refractivity contribution in [1.82, 2.24) is 15.0 Å². The topological polar surface area (TPSA) is 66.7 Å². The fraction of sp³-hybridized carbons (Fsp3) is 0.364. The van der Waals surface area contributed by atoms with Gasteiger partial charge < -0.3 is 19.5 Å². The molecule has 0 atom stereocenters. The largest absolute Gasteiger partial charge is 0.497 e. The van der Waals surface area contributed by atoms with E-state index in [-0.39, 0.29) is 5.82 Å². The van der Waals surface area contributed by atoms with Crippen molar-refractivity contribution in [2.75, 3.05) is 56.6 Å². The van der Waals surface area contributed by atoms with Gasteiger partial charge in [0, 0.05) is 44.0 Å². The number of nitrogens with zero attached hydrogens (tertiary/aromatic N) is 4. The minimum atomic E-state index is -0.192. The summed E-state index contributed by atoms with van der Waals surface area (Å²) < 4.78 is 23.5. The van der Waals surface area contributed by atoms with Gasteiger partial charge in [0.15, 0.2) is 0 Å². The fourth-order valence-corrected chi connectivity index (χ4v) is 3.53. The van der Waals surface area contributed by atoms with Crippen LogP contribution in [0.25, 0.3) is 11.4 Å². The third-order valence-corrected chi connectivity index (χ3v) is 5.27. The fourth-order valence-electron chi connectivity index (χ4n) is 3.53. The summed E-state index contributed by atoms with van der Waals surface area (Å²) >= 11 is 0. The first-order chi connectivity index (χ1) is 14.7. The van der Waals surface area contributed by atoms with Gasteiger partial charge in [-0.15, -0.1) is 0 Å². The maximum atomic E-state index is 13.1. The molecule has 0 bridgehead atoms. The Hall–Kier alpha value is -3.13. The Morgan fingerprint density at radius 2 is 1.77 bits per heavy atom. The van der Waals surface area contributed by atoms with Gasteiger partial charge >= 0.3 is 6.01 Å². The highest BCUT2D eigenvalue weighted by molar-refractivity contribution is 5.56. The number of hydrogen-bond acceptors (Lipinski definition) is 7. The molecule has 158 valence electrons. The second kappa shape index (κ2) is 9.58. The van der Waals surface area contributed by atoms with E-state index in [1.165, 1.54) is 12.1 Å². The van der Waals surface area contributed by atoms with Crippen LogP contribution < -0.4 is 15.0 Å². The van der Waals surface area contributed by atoms with Crippen molar-refractivity contribution in [3.05, 3.63) is 54.3 Å². The lowest BCUT2D eigenvalue weighted by molar-refractivity contribution is 0.257. The van der Waals surface area contributed by atoms with Crippen LogP contribution in [0.1, 0.15) is 6.42 Å².